The van der Waals surface area contributed by atoms with Gasteiger partial charge in [0.1, 0.15) is 23.0 Å². The SMILES string of the molecule is COc1ccc([C@@H](C)NC(=O)/C(C#N)=C/c2c[nH]c3ncc(OCC(C)C)cc23)cc1OC. The summed E-state index contributed by atoms with van der Waals surface area (Å²) in [7, 11) is 3.11. The van der Waals surface area contributed by atoms with Crippen molar-refractivity contribution in [3.05, 3.63) is 53.4 Å². The molecule has 1 amide bonds. The van der Waals surface area contributed by atoms with Crippen LogP contribution in [0.2, 0.25) is 0 Å². The molecule has 1 aromatic carbocycles. The summed E-state index contributed by atoms with van der Waals surface area (Å²) in [6.07, 6.45) is 4.91. The molecule has 0 aliphatic heterocycles. The van der Waals surface area contributed by atoms with Gasteiger partial charge in [-0.05, 0) is 42.7 Å². The summed E-state index contributed by atoms with van der Waals surface area (Å²) in [6, 6.07) is 8.91. The highest BCUT2D eigenvalue weighted by molar-refractivity contribution is 6.03. The Morgan fingerprint density at radius 3 is 2.64 bits per heavy atom. The number of rotatable bonds is 9. The van der Waals surface area contributed by atoms with Crippen LogP contribution in [-0.2, 0) is 4.79 Å². The third-order valence-electron chi connectivity index (χ3n) is 5.04. The Kier molecular flexibility index (Phi) is 7.57. The minimum atomic E-state index is -0.477. The van der Waals surface area contributed by atoms with E-state index in [1.165, 1.54) is 0 Å². The number of ether oxygens (including phenoxy) is 3. The molecule has 2 N–H and O–H groups in total. The van der Waals surface area contributed by atoms with Gasteiger partial charge in [0.15, 0.2) is 11.5 Å². The molecule has 0 unspecified atom stereocenters. The second kappa shape index (κ2) is 10.6. The van der Waals surface area contributed by atoms with E-state index in [-0.39, 0.29) is 11.6 Å². The van der Waals surface area contributed by atoms with Crippen LogP contribution >= 0.6 is 0 Å². The number of pyridine rings is 1. The number of nitrogens with zero attached hydrogens (tertiary/aromatic N) is 2. The van der Waals surface area contributed by atoms with Gasteiger partial charge in [0.05, 0.1) is 33.1 Å². The number of carbonyl (C=O) groups is 1. The fourth-order valence-corrected chi connectivity index (χ4v) is 3.25. The van der Waals surface area contributed by atoms with E-state index >= 15 is 0 Å². The van der Waals surface area contributed by atoms with E-state index in [2.05, 4.69) is 29.1 Å². The zero-order chi connectivity index (χ0) is 24.0. The van der Waals surface area contributed by atoms with Crippen molar-refractivity contribution >= 4 is 23.0 Å². The first kappa shape index (κ1) is 23.7. The molecule has 0 spiro atoms. The summed E-state index contributed by atoms with van der Waals surface area (Å²) in [5.41, 5.74) is 2.13. The molecule has 3 aromatic rings. The summed E-state index contributed by atoms with van der Waals surface area (Å²) in [4.78, 5) is 20.3. The normalized spacial score (nSPS) is 12.3. The lowest BCUT2D eigenvalue weighted by Crippen LogP contribution is -2.27. The van der Waals surface area contributed by atoms with Crippen LogP contribution in [0.15, 0.2) is 42.2 Å². The van der Waals surface area contributed by atoms with Crippen molar-refractivity contribution in [3.8, 4) is 23.3 Å². The molecule has 0 aliphatic rings. The van der Waals surface area contributed by atoms with Crippen LogP contribution < -0.4 is 19.5 Å². The molecule has 0 aliphatic carbocycles. The van der Waals surface area contributed by atoms with E-state index in [0.717, 1.165) is 10.9 Å². The van der Waals surface area contributed by atoms with Crippen LogP contribution in [0.5, 0.6) is 17.2 Å². The molecule has 1 atom stereocenters. The Morgan fingerprint density at radius 2 is 1.97 bits per heavy atom. The van der Waals surface area contributed by atoms with Crippen molar-refractivity contribution in [2.75, 3.05) is 20.8 Å². The fraction of sp³-hybridized carbons (Fsp3) is 0.320. The van der Waals surface area contributed by atoms with Gasteiger partial charge in [-0.25, -0.2) is 4.98 Å². The van der Waals surface area contributed by atoms with Crippen LogP contribution in [0.1, 0.15) is 37.9 Å². The number of hydrogen-bond acceptors (Lipinski definition) is 6. The van der Waals surface area contributed by atoms with Gasteiger partial charge in [-0.2, -0.15) is 5.26 Å². The van der Waals surface area contributed by atoms with Crippen molar-refractivity contribution < 1.29 is 19.0 Å². The number of nitrogens with one attached hydrogen (secondary N) is 2. The summed E-state index contributed by atoms with van der Waals surface area (Å²) in [5.74, 6) is 1.70. The van der Waals surface area contributed by atoms with Gasteiger partial charge in [0.2, 0.25) is 0 Å². The summed E-state index contributed by atoms with van der Waals surface area (Å²) in [5, 5.41) is 13.3. The van der Waals surface area contributed by atoms with Crippen LogP contribution in [0.3, 0.4) is 0 Å². The lowest BCUT2D eigenvalue weighted by atomic mass is 10.1. The standard InChI is InChI=1S/C25H28N4O4/c1-15(2)14-33-20-10-21-19(12-27-24(21)28-13-20)8-18(11-26)25(30)29-16(3)17-6-7-22(31-4)23(9-17)32-5/h6-10,12-13,15-16H,14H2,1-5H3,(H,27,28)(H,29,30)/b18-8+/t16-/m1/s1. The van der Waals surface area contributed by atoms with Crippen LogP contribution in [0, 0.1) is 17.2 Å². The number of methoxy groups -OCH3 is 2. The van der Waals surface area contributed by atoms with Crippen molar-refractivity contribution in [3.63, 3.8) is 0 Å². The minimum absolute atomic E-state index is 0.0169. The maximum Gasteiger partial charge on any atom is 0.262 e. The zero-order valence-electron chi connectivity index (χ0n) is 19.4. The number of carbonyl (C=O) groups excluding carboxylic acids is 1. The molecule has 0 radical (unpaired) electrons. The number of aromatic amines is 1. The lowest BCUT2D eigenvalue weighted by Gasteiger charge is -2.16. The highest BCUT2D eigenvalue weighted by atomic mass is 16.5. The first-order valence-electron chi connectivity index (χ1n) is 10.6. The minimum Gasteiger partial charge on any atom is -0.493 e. The predicted octanol–water partition coefficient (Wildman–Crippen LogP) is 4.40. The van der Waals surface area contributed by atoms with Gasteiger partial charge < -0.3 is 24.5 Å². The molecule has 0 bridgehead atoms. The quantitative estimate of drug-likeness (QED) is 0.371. The lowest BCUT2D eigenvalue weighted by molar-refractivity contribution is -0.117. The molecule has 2 heterocycles. The number of H-pyrrole nitrogens is 1. The van der Waals surface area contributed by atoms with E-state index in [9.17, 15) is 10.1 Å². The molecule has 8 nitrogen and oxygen atoms in total. The Balaban J connectivity index is 1.81. The second-order valence-corrected chi connectivity index (χ2v) is 8.00. The Bertz CT molecular complexity index is 1210. The maximum absolute atomic E-state index is 12.8. The zero-order valence-corrected chi connectivity index (χ0v) is 19.4. The molecule has 3 rings (SSSR count). The van der Waals surface area contributed by atoms with Crippen LogP contribution in [-0.4, -0.2) is 36.7 Å². The number of benzene rings is 1. The van der Waals surface area contributed by atoms with E-state index in [0.29, 0.717) is 41.0 Å². The fourth-order valence-electron chi connectivity index (χ4n) is 3.25. The molecule has 2 aromatic heterocycles. The van der Waals surface area contributed by atoms with Gasteiger partial charge in [0, 0.05) is 17.1 Å². The molecule has 0 saturated heterocycles. The number of amides is 1. The van der Waals surface area contributed by atoms with E-state index in [1.54, 1.807) is 44.8 Å². The Morgan fingerprint density at radius 1 is 1.21 bits per heavy atom. The molecule has 8 heteroatoms. The average Bonchev–Trinajstić information content (AvgIpc) is 3.22. The molecule has 0 fully saturated rings. The van der Waals surface area contributed by atoms with Crippen LogP contribution in [0.4, 0.5) is 0 Å². The third kappa shape index (κ3) is 5.63. The Labute approximate surface area is 193 Å². The predicted molar refractivity (Wildman–Crippen MR) is 126 cm³/mol. The molecular weight excluding hydrogens is 420 g/mol. The van der Waals surface area contributed by atoms with E-state index < -0.39 is 5.91 Å². The molecule has 0 saturated carbocycles. The highest BCUT2D eigenvalue weighted by Gasteiger charge is 2.17. The maximum atomic E-state index is 12.8. The monoisotopic (exact) mass is 448 g/mol. The van der Waals surface area contributed by atoms with Crippen LogP contribution in [0.25, 0.3) is 17.1 Å². The van der Waals surface area contributed by atoms with Crippen molar-refractivity contribution in [2.24, 2.45) is 5.92 Å². The largest absolute Gasteiger partial charge is 0.493 e. The summed E-state index contributed by atoms with van der Waals surface area (Å²) in [6.45, 7) is 6.54. The highest BCUT2D eigenvalue weighted by Crippen LogP contribution is 2.30. The summed E-state index contributed by atoms with van der Waals surface area (Å²) < 4.78 is 16.3. The topological polar surface area (TPSA) is 109 Å². The van der Waals surface area contributed by atoms with Crippen molar-refractivity contribution in [2.45, 2.75) is 26.8 Å². The number of nitriles is 1. The summed E-state index contributed by atoms with van der Waals surface area (Å²) >= 11 is 0. The van der Waals surface area contributed by atoms with Crippen molar-refractivity contribution in [1.29, 1.82) is 5.26 Å². The van der Waals surface area contributed by atoms with Gasteiger partial charge >= 0.3 is 0 Å². The average molecular weight is 449 g/mol. The molecule has 172 valence electrons. The third-order valence-corrected chi connectivity index (χ3v) is 5.04. The molecular formula is C25H28N4O4. The molecule has 33 heavy (non-hydrogen) atoms. The number of hydrogen-bond donors (Lipinski definition) is 2. The number of fused-ring (bicyclic) bond motifs is 1. The first-order valence-corrected chi connectivity index (χ1v) is 10.6. The first-order chi connectivity index (χ1) is 15.9. The van der Waals surface area contributed by atoms with Crippen molar-refractivity contribution in [1.82, 2.24) is 15.3 Å². The smallest absolute Gasteiger partial charge is 0.262 e. The number of aromatic nitrogens is 2. The van der Waals surface area contributed by atoms with E-state index in [1.807, 2.05) is 25.1 Å². The Hall–Kier alpha value is -3.99. The van der Waals surface area contributed by atoms with Gasteiger partial charge in [-0.1, -0.05) is 19.9 Å². The van der Waals surface area contributed by atoms with Gasteiger partial charge in [-0.3, -0.25) is 4.79 Å². The van der Waals surface area contributed by atoms with Gasteiger partial charge in [-0.15, -0.1) is 0 Å². The second-order valence-electron chi connectivity index (χ2n) is 8.00. The van der Waals surface area contributed by atoms with Gasteiger partial charge in [0.25, 0.3) is 5.91 Å². The van der Waals surface area contributed by atoms with E-state index in [4.69, 9.17) is 14.2 Å².